The second-order valence-corrected chi connectivity index (χ2v) is 10.4. The van der Waals surface area contributed by atoms with E-state index in [1.54, 1.807) is 0 Å². The first-order chi connectivity index (χ1) is 13.6. The average Bonchev–Trinajstić information content (AvgIpc) is 2.64. The van der Waals surface area contributed by atoms with Crippen molar-refractivity contribution in [1.82, 2.24) is 4.90 Å². The highest BCUT2D eigenvalue weighted by atomic mass is 35.5. The molecule has 1 fully saturated rings. The summed E-state index contributed by atoms with van der Waals surface area (Å²) < 4.78 is 0. The van der Waals surface area contributed by atoms with Crippen molar-refractivity contribution in [2.24, 2.45) is 5.92 Å². The number of benzene rings is 2. The van der Waals surface area contributed by atoms with Gasteiger partial charge in [0.15, 0.2) is 0 Å². The lowest BCUT2D eigenvalue weighted by atomic mass is 9.67. The monoisotopic (exact) mass is 449 g/mol. The van der Waals surface area contributed by atoms with Crippen LogP contribution in [-0.4, -0.2) is 29.7 Å². The maximum Gasteiger partial charge on any atom is 0.0734 e. The van der Waals surface area contributed by atoms with Crippen molar-refractivity contribution in [2.75, 3.05) is 14.1 Å². The summed E-state index contributed by atoms with van der Waals surface area (Å²) in [7, 11) is 4.20. The van der Waals surface area contributed by atoms with E-state index in [0.717, 1.165) is 36.3 Å². The lowest BCUT2D eigenvalue weighted by Gasteiger charge is -2.46. The van der Waals surface area contributed by atoms with E-state index in [9.17, 15) is 5.11 Å². The molecule has 3 atom stereocenters. The molecule has 0 amide bonds. The molecule has 0 aromatic heterocycles. The molecule has 1 saturated carbocycles. The Balaban J connectivity index is 0.00000320. The highest BCUT2D eigenvalue weighted by molar-refractivity contribution is 6.31. The molecule has 0 heterocycles. The molecular formula is C26H37Cl2NO. The predicted octanol–water partition coefficient (Wildman–Crippen LogP) is 6.83. The summed E-state index contributed by atoms with van der Waals surface area (Å²) in [6.07, 6.45) is 4.79. The van der Waals surface area contributed by atoms with Crippen molar-refractivity contribution in [3.63, 3.8) is 0 Å². The van der Waals surface area contributed by atoms with Crippen LogP contribution in [0, 0.1) is 5.92 Å². The smallest absolute Gasteiger partial charge is 0.0734 e. The highest BCUT2D eigenvalue weighted by Gasteiger charge is 2.44. The molecule has 0 aliphatic heterocycles. The van der Waals surface area contributed by atoms with E-state index in [1.807, 2.05) is 18.2 Å². The number of hydrogen-bond acceptors (Lipinski definition) is 2. The van der Waals surface area contributed by atoms with Gasteiger partial charge < -0.3 is 10.0 Å². The highest BCUT2D eigenvalue weighted by Crippen LogP contribution is 2.46. The molecule has 3 rings (SSSR count). The van der Waals surface area contributed by atoms with Gasteiger partial charge in [-0.1, -0.05) is 87.7 Å². The molecule has 166 valence electrons. The molecule has 30 heavy (non-hydrogen) atoms. The van der Waals surface area contributed by atoms with Crippen molar-refractivity contribution < 1.29 is 5.11 Å². The third-order valence-corrected chi connectivity index (χ3v) is 6.90. The molecule has 1 N–H and O–H groups in total. The summed E-state index contributed by atoms with van der Waals surface area (Å²) in [5.41, 5.74) is 3.07. The predicted molar refractivity (Wildman–Crippen MR) is 131 cm³/mol. The number of rotatable bonds is 5. The second-order valence-electron chi connectivity index (χ2n) is 10.0. The molecule has 4 heteroatoms. The van der Waals surface area contributed by atoms with Crippen LogP contribution in [0.25, 0.3) is 0 Å². The van der Waals surface area contributed by atoms with Crippen LogP contribution in [0.5, 0.6) is 0 Å². The fourth-order valence-electron chi connectivity index (χ4n) is 4.97. The first kappa shape index (κ1) is 25.2. The summed E-state index contributed by atoms with van der Waals surface area (Å²) in [4.78, 5) is 2.23. The normalized spacial score (nSPS) is 23.1. The van der Waals surface area contributed by atoms with Crippen molar-refractivity contribution in [2.45, 2.75) is 69.9 Å². The number of nitrogens with zero attached hydrogens (tertiary/aromatic N) is 1. The minimum atomic E-state index is -0.727. The number of halogens is 2. The molecule has 0 bridgehead atoms. The third-order valence-electron chi connectivity index (χ3n) is 6.56. The Morgan fingerprint density at radius 3 is 2.27 bits per heavy atom. The van der Waals surface area contributed by atoms with Gasteiger partial charge in [-0.2, -0.15) is 0 Å². The van der Waals surface area contributed by atoms with Gasteiger partial charge in [-0.25, -0.2) is 0 Å². The van der Waals surface area contributed by atoms with E-state index in [0.29, 0.717) is 6.42 Å². The molecule has 0 saturated heterocycles. The quantitative estimate of drug-likeness (QED) is 0.540. The minimum absolute atomic E-state index is 0. The first-order valence-corrected chi connectivity index (χ1v) is 11.2. The maximum absolute atomic E-state index is 11.9. The van der Waals surface area contributed by atoms with Crippen LogP contribution >= 0.6 is 24.0 Å². The van der Waals surface area contributed by atoms with Crippen molar-refractivity contribution in [1.29, 1.82) is 0 Å². The molecule has 2 nitrogen and oxygen atoms in total. The zero-order valence-corrected chi connectivity index (χ0v) is 20.6. The molecule has 2 aromatic carbocycles. The molecule has 0 radical (unpaired) electrons. The summed E-state index contributed by atoms with van der Waals surface area (Å²) in [5, 5.41) is 12.7. The molecule has 0 spiro atoms. The Hall–Kier alpha value is -1.06. The summed E-state index contributed by atoms with van der Waals surface area (Å²) in [6.45, 7) is 6.70. The van der Waals surface area contributed by atoms with Gasteiger partial charge in [-0.3, -0.25) is 0 Å². The van der Waals surface area contributed by atoms with Gasteiger partial charge in [0.2, 0.25) is 0 Å². The summed E-state index contributed by atoms with van der Waals surface area (Å²) >= 11 is 6.59. The van der Waals surface area contributed by atoms with Crippen LogP contribution in [0.3, 0.4) is 0 Å². The minimum Gasteiger partial charge on any atom is -0.389 e. The zero-order chi connectivity index (χ0) is 21.2. The third kappa shape index (κ3) is 5.59. The largest absolute Gasteiger partial charge is 0.389 e. The first-order valence-electron chi connectivity index (χ1n) is 10.8. The SMILES string of the molecule is CN(C)C(c1ccccc1Cl)C1CCCCC1(O)Cc1ccc(C(C)(C)C)cc1.Cl. The van der Waals surface area contributed by atoms with Crippen molar-refractivity contribution in [3.05, 3.63) is 70.2 Å². The standard InChI is InChI=1S/C26H36ClNO.ClH/c1-25(2,3)20-15-13-19(14-16-20)18-26(29)17-9-8-11-22(26)24(28(4)5)21-10-6-7-12-23(21)27;/h6-7,10,12-16,22,24,29H,8-9,11,17-18H2,1-5H3;1H. The van der Waals surface area contributed by atoms with Crippen LogP contribution in [0.15, 0.2) is 48.5 Å². The van der Waals surface area contributed by atoms with E-state index >= 15 is 0 Å². The number of aliphatic hydroxyl groups is 1. The molecule has 1 aliphatic carbocycles. The average molecular weight is 450 g/mol. The molecule has 2 aromatic rings. The van der Waals surface area contributed by atoms with Crippen LogP contribution in [-0.2, 0) is 11.8 Å². The molecule has 1 aliphatic rings. The lowest BCUT2D eigenvalue weighted by Crippen LogP contribution is -2.48. The van der Waals surface area contributed by atoms with Gasteiger partial charge in [-0.05, 0) is 55.1 Å². The Morgan fingerprint density at radius 2 is 1.70 bits per heavy atom. The van der Waals surface area contributed by atoms with E-state index in [2.05, 4.69) is 70.1 Å². The second kappa shape index (κ2) is 10.0. The summed E-state index contributed by atoms with van der Waals surface area (Å²) in [5.74, 6) is 0.147. The van der Waals surface area contributed by atoms with Crippen LogP contribution in [0.4, 0.5) is 0 Å². The van der Waals surface area contributed by atoms with Gasteiger partial charge in [0.25, 0.3) is 0 Å². The van der Waals surface area contributed by atoms with E-state index < -0.39 is 5.60 Å². The van der Waals surface area contributed by atoms with Crippen LogP contribution < -0.4 is 0 Å². The van der Waals surface area contributed by atoms with E-state index in [-0.39, 0.29) is 29.8 Å². The Morgan fingerprint density at radius 1 is 1.07 bits per heavy atom. The topological polar surface area (TPSA) is 23.5 Å². The Kier molecular flexibility index (Phi) is 8.43. The van der Waals surface area contributed by atoms with Gasteiger partial charge in [0.05, 0.1) is 5.60 Å². The van der Waals surface area contributed by atoms with Crippen LogP contribution in [0.1, 0.15) is 69.2 Å². The van der Waals surface area contributed by atoms with E-state index in [1.165, 1.54) is 11.1 Å². The van der Waals surface area contributed by atoms with Crippen molar-refractivity contribution >= 4 is 24.0 Å². The fraction of sp³-hybridized carbons (Fsp3) is 0.538. The Bertz CT molecular complexity index is 813. The Labute approximate surface area is 194 Å². The number of hydrogen-bond donors (Lipinski definition) is 1. The van der Waals surface area contributed by atoms with Gasteiger partial charge in [0, 0.05) is 23.4 Å². The van der Waals surface area contributed by atoms with Gasteiger partial charge in [0.1, 0.15) is 0 Å². The van der Waals surface area contributed by atoms with Crippen molar-refractivity contribution in [3.8, 4) is 0 Å². The van der Waals surface area contributed by atoms with Crippen LogP contribution in [0.2, 0.25) is 5.02 Å². The van der Waals surface area contributed by atoms with Gasteiger partial charge in [-0.15, -0.1) is 12.4 Å². The lowest BCUT2D eigenvalue weighted by molar-refractivity contribution is -0.0770. The maximum atomic E-state index is 11.9. The van der Waals surface area contributed by atoms with Gasteiger partial charge >= 0.3 is 0 Å². The summed E-state index contributed by atoms with van der Waals surface area (Å²) in [6, 6.07) is 17.0. The fourth-order valence-corrected chi connectivity index (χ4v) is 5.21. The van der Waals surface area contributed by atoms with E-state index in [4.69, 9.17) is 11.6 Å². The molecule has 3 unspecified atom stereocenters. The molecular weight excluding hydrogens is 413 g/mol. The zero-order valence-electron chi connectivity index (χ0n) is 19.0.